The predicted octanol–water partition coefficient (Wildman–Crippen LogP) is 2.78. The molecule has 1 saturated carbocycles. The van der Waals surface area contributed by atoms with E-state index in [-0.39, 0.29) is 17.7 Å². The van der Waals surface area contributed by atoms with Gasteiger partial charge in [0.1, 0.15) is 12.1 Å². The predicted molar refractivity (Wildman–Crippen MR) is 115 cm³/mol. The Balaban J connectivity index is 1.15. The number of pyridine rings is 1. The summed E-state index contributed by atoms with van der Waals surface area (Å²) in [5.41, 5.74) is 2.58. The first-order valence-electron chi connectivity index (χ1n) is 10.5. The van der Waals surface area contributed by atoms with Gasteiger partial charge in [0.25, 0.3) is 11.1 Å². The molecule has 2 aliphatic rings. The topological polar surface area (TPSA) is 82.4 Å². The van der Waals surface area contributed by atoms with Crippen molar-refractivity contribution in [3.8, 4) is 0 Å². The average Bonchev–Trinajstić information content (AvgIpc) is 3.13. The van der Waals surface area contributed by atoms with E-state index in [0.29, 0.717) is 35.0 Å². The maximum Gasteiger partial charge on any atom is 0.275 e. The highest BCUT2D eigenvalue weighted by Crippen LogP contribution is 2.59. The van der Waals surface area contributed by atoms with Crippen LogP contribution < -0.4 is 11.1 Å². The zero-order chi connectivity index (χ0) is 20.9. The molecule has 3 heterocycles. The zero-order valence-electron chi connectivity index (χ0n) is 16.7. The minimum atomic E-state index is -0.268. The third kappa shape index (κ3) is 3.13. The van der Waals surface area contributed by atoms with Crippen LogP contribution in [0, 0.1) is 17.8 Å². The summed E-state index contributed by atoms with van der Waals surface area (Å²) in [6.45, 7) is 0.182. The average molecular weight is 412 g/mol. The zero-order valence-corrected chi connectivity index (χ0v) is 16.7. The molecule has 7 nitrogen and oxygen atoms in total. The van der Waals surface area contributed by atoms with E-state index >= 15 is 0 Å². The number of aromatic nitrogens is 4. The van der Waals surface area contributed by atoms with Crippen molar-refractivity contribution in [1.82, 2.24) is 19.1 Å². The smallest absolute Gasteiger partial charge is 0.275 e. The second-order valence-electron chi connectivity index (χ2n) is 8.33. The van der Waals surface area contributed by atoms with Crippen LogP contribution in [0.5, 0.6) is 0 Å². The van der Waals surface area contributed by atoms with E-state index in [1.807, 2.05) is 6.07 Å². The number of hydrogen-bond donors (Lipinski definition) is 0. The summed E-state index contributed by atoms with van der Waals surface area (Å²) in [7, 11) is 0. The van der Waals surface area contributed by atoms with Gasteiger partial charge in [-0.2, -0.15) is 4.98 Å². The van der Waals surface area contributed by atoms with Crippen molar-refractivity contribution < 1.29 is 4.52 Å². The van der Waals surface area contributed by atoms with Gasteiger partial charge >= 0.3 is 0 Å². The fourth-order valence-corrected chi connectivity index (χ4v) is 4.83. The fraction of sp³-hybridized carbons (Fsp3) is 0.250. The number of allylic oxidation sites excluding steroid dienone is 2. The highest BCUT2D eigenvalue weighted by molar-refractivity contribution is 5.69. The van der Waals surface area contributed by atoms with E-state index in [2.05, 4.69) is 40.5 Å². The van der Waals surface area contributed by atoms with Gasteiger partial charge in [0.2, 0.25) is 5.89 Å². The van der Waals surface area contributed by atoms with Crippen LogP contribution in [0.15, 0.2) is 81.1 Å². The van der Waals surface area contributed by atoms with Gasteiger partial charge in [0.05, 0.1) is 0 Å². The summed E-state index contributed by atoms with van der Waals surface area (Å²) in [6.07, 6.45) is 7.46. The molecule has 154 valence electrons. The third-order valence-electron chi connectivity index (χ3n) is 6.49. The molecule has 0 spiro atoms. The Hall–Kier alpha value is -3.74. The molecule has 2 aliphatic carbocycles. The Morgan fingerprint density at radius 1 is 1.03 bits per heavy atom. The molecule has 0 N–H and O–H groups in total. The molecular formula is C24H20N4O3. The number of rotatable bonds is 5. The molecule has 0 bridgehead atoms. The van der Waals surface area contributed by atoms with Crippen LogP contribution in [0.4, 0.5) is 0 Å². The lowest BCUT2D eigenvalue weighted by atomic mass is 10.00. The van der Waals surface area contributed by atoms with Crippen molar-refractivity contribution in [2.24, 2.45) is 17.8 Å². The van der Waals surface area contributed by atoms with Crippen LogP contribution in [0.3, 0.4) is 0 Å². The Kier molecular flexibility index (Phi) is 4.02. The Morgan fingerprint density at radius 2 is 1.90 bits per heavy atom. The summed E-state index contributed by atoms with van der Waals surface area (Å²) in [4.78, 5) is 29.0. The summed E-state index contributed by atoms with van der Waals surface area (Å²) in [6, 6.07) is 15.2. The Labute approximate surface area is 177 Å². The molecule has 1 fully saturated rings. The molecule has 4 aromatic rings. The van der Waals surface area contributed by atoms with Crippen LogP contribution in [0.1, 0.15) is 23.7 Å². The maximum atomic E-state index is 12.7. The second kappa shape index (κ2) is 6.91. The first kappa shape index (κ1) is 18.1. The Bertz CT molecular complexity index is 1430. The van der Waals surface area contributed by atoms with Crippen molar-refractivity contribution in [3.63, 3.8) is 0 Å². The normalized spacial score (nSPS) is 21.8. The molecule has 7 heteroatoms. The van der Waals surface area contributed by atoms with Gasteiger partial charge in [-0.25, -0.2) is 0 Å². The van der Waals surface area contributed by atoms with E-state index in [4.69, 9.17) is 4.52 Å². The molecular weight excluding hydrogens is 392 g/mol. The minimum absolute atomic E-state index is 0.182. The van der Waals surface area contributed by atoms with E-state index in [1.54, 1.807) is 24.5 Å². The van der Waals surface area contributed by atoms with Crippen LogP contribution in [0.25, 0.3) is 11.1 Å². The summed E-state index contributed by atoms with van der Waals surface area (Å²) >= 11 is 0. The standard InChI is InChI=1S/C24H20N4O3/c29-23-8-4-7-20-24(30)27(9-10-28(20)23)14-22-25-21(26-31-22)13-19-17-11-16(12-18(17)19)15-5-2-1-3-6-15/h1-11,17-19H,12-14H2/t17-,18+,19?/m0/s1. The van der Waals surface area contributed by atoms with Crippen LogP contribution in [0.2, 0.25) is 0 Å². The van der Waals surface area contributed by atoms with E-state index in [9.17, 15) is 9.59 Å². The highest BCUT2D eigenvalue weighted by atomic mass is 16.5. The highest BCUT2D eigenvalue weighted by Gasteiger charge is 2.52. The molecule has 6 rings (SSSR count). The molecule has 0 aliphatic heterocycles. The quantitative estimate of drug-likeness (QED) is 0.503. The van der Waals surface area contributed by atoms with Crippen molar-refractivity contribution in [2.75, 3.05) is 0 Å². The SMILES string of the molecule is O=c1c2cccc(=O)n2ccn1Cc1nc(CC2[C@H]3C=C(c4ccccc4)C[C@@H]23)no1. The number of fused-ring (bicyclic) bond motifs is 2. The third-order valence-corrected chi connectivity index (χ3v) is 6.49. The van der Waals surface area contributed by atoms with E-state index < -0.39 is 0 Å². The van der Waals surface area contributed by atoms with Gasteiger partial charge in [0, 0.05) is 24.9 Å². The van der Waals surface area contributed by atoms with Crippen LogP contribution >= 0.6 is 0 Å². The lowest BCUT2D eigenvalue weighted by molar-refractivity contribution is 0.363. The molecule has 1 aromatic carbocycles. The lowest BCUT2D eigenvalue weighted by Gasteiger charge is -2.05. The van der Waals surface area contributed by atoms with Crippen molar-refractivity contribution >= 4 is 11.1 Å². The van der Waals surface area contributed by atoms with Gasteiger partial charge < -0.3 is 9.09 Å². The van der Waals surface area contributed by atoms with E-state index in [0.717, 1.165) is 12.8 Å². The second-order valence-corrected chi connectivity index (χ2v) is 8.33. The number of hydrogen-bond acceptors (Lipinski definition) is 5. The molecule has 3 aromatic heterocycles. The summed E-state index contributed by atoms with van der Waals surface area (Å²) < 4.78 is 8.21. The minimum Gasteiger partial charge on any atom is -0.337 e. The molecule has 0 radical (unpaired) electrons. The monoisotopic (exact) mass is 412 g/mol. The first-order valence-corrected chi connectivity index (χ1v) is 10.5. The van der Waals surface area contributed by atoms with Gasteiger partial charge in [-0.1, -0.05) is 47.6 Å². The molecule has 0 saturated heterocycles. The molecule has 31 heavy (non-hydrogen) atoms. The molecule has 3 atom stereocenters. The molecule has 0 amide bonds. The number of nitrogens with zero attached hydrogens (tertiary/aromatic N) is 4. The van der Waals surface area contributed by atoms with Crippen molar-refractivity contribution in [3.05, 3.63) is 105 Å². The van der Waals surface area contributed by atoms with Gasteiger partial charge in [-0.05, 0) is 41.4 Å². The lowest BCUT2D eigenvalue weighted by Crippen LogP contribution is -2.26. The summed E-state index contributed by atoms with van der Waals surface area (Å²) in [5.74, 6) is 2.91. The first-order chi connectivity index (χ1) is 15.2. The largest absolute Gasteiger partial charge is 0.337 e. The van der Waals surface area contributed by atoms with Gasteiger partial charge in [0.15, 0.2) is 5.82 Å². The van der Waals surface area contributed by atoms with Gasteiger partial charge in [-0.15, -0.1) is 0 Å². The van der Waals surface area contributed by atoms with E-state index in [1.165, 1.54) is 26.2 Å². The van der Waals surface area contributed by atoms with Crippen molar-refractivity contribution in [1.29, 1.82) is 0 Å². The van der Waals surface area contributed by atoms with Gasteiger partial charge in [-0.3, -0.25) is 14.0 Å². The molecule has 1 unspecified atom stereocenters. The van der Waals surface area contributed by atoms with Crippen molar-refractivity contribution in [2.45, 2.75) is 19.4 Å². The fourth-order valence-electron chi connectivity index (χ4n) is 4.83. The Morgan fingerprint density at radius 3 is 2.71 bits per heavy atom. The summed E-state index contributed by atoms with van der Waals surface area (Å²) in [5, 5.41) is 4.13. The van der Waals surface area contributed by atoms with Crippen LogP contribution in [-0.2, 0) is 13.0 Å². The number of benzene rings is 1. The maximum absolute atomic E-state index is 12.7. The van der Waals surface area contributed by atoms with Crippen LogP contribution in [-0.4, -0.2) is 19.1 Å².